The van der Waals surface area contributed by atoms with Crippen LogP contribution in [0.2, 0.25) is 0 Å². The Kier molecular flexibility index (Phi) is 1.54. The Morgan fingerprint density at radius 3 is 2.73 bits per heavy atom. The number of hydrogen-bond acceptors (Lipinski definition) is 3. The predicted octanol–water partition coefficient (Wildman–Crippen LogP) is 1.56. The highest BCUT2D eigenvalue weighted by molar-refractivity contribution is 7.93. The smallest absolute Gasteiger partial charge is 0.187 e. The fourth-order valence-corrected chi connectivity index (χ4v) is 4.08. The first-order valence-corrected chi connectivity index (χ1v) is 6.32. The summed E-state index contributed by atoms with van der Waals surface area (Å²) in [5, 5.41) is 2.99. The highest BCUT2D eigenvalue weighted by Gasteiger charge is 2.57. The van der Waals surface area contributed by atoms with Crippen molar-refractivity contribution in [2.45, 2.75) is 22.5 Å². The minimum atomic E-state index is -3.26. The number of sulfone groups is 1. The molecule has 1 saturated carbocycles. The second kappa shape index (κ2) is 2.52. The third-order valence-corrected chi connectivity index (χ3v) is 5.84. The summed E-state index contributed by atoms with van der Waals surface area (Å²) in [6.45, 7) is 0.409. The van der Waals surface area contributed by atoms with Crippen LogP contribution < -0.4 is 5.32 Å². The van der Waals surface area contributed by atoms with E-state index in [0.717, 1.165) is 0 Å². The Morgan fingerprint density at radius 1 is 1.33 bits per heavy atom. The minimum absolute atomic E-state index is 0.243. The quantitative estimate of drug-likeness (QED) is 0.684. The highest BCUT2D eigenvalue weighted by atomic mass is 32.2. The van der Waals surface area contributed by atoms with Crippen molar-refractivity contribution in [2.75, 3.05) is 11.9 Å². The van der Waals surface area contributed by atoms with Gasteiger partial charge >= 0.3 is 0 Å². The van der Waals surface area contributed by atoms with E-state index in [4.69, 9.17) is 0 Å². The summed E-state index contributed by atoms with van der Waals surface area (Å²) in [6.07, 6.45) is 1.41. The molecule has 0 aromatic heterocycles. The van der Waals surface area contributed by atoms with E-state index in [2.05, 4.69) is 5.32 Å². The van der Waals surface area contributed by atoms with Gasteiger partial charge in [-0.2, -0.15) is 0 Å². The van der Waals surface area contributed by atoms with Gasteiger partial charge < -0.3 is 5.32 Å². The van der Waals surface area contributed by atoms with Gasteiger partial charge in [0, 0.05) is 6.54 Å². The molecule has 15 heavy (non-hydrogen) atoms. The van der Waals surface area contributed by atoms with Crippen LogP contribution in [0.15, 0.2) is 23.1 Å². The van der Waals surface area contributed by atoms with Crippen LogP contribution in [0.4, 0.5) is 10.1 Å². The molecular formula is C10H10FNO2S. The van der Waals surface area contributed by atoms with Crippen molar-refractivity contribution in [2.24, 2.45) is 0 Å². The second-order valence-electron chi connectivity index (χ2n) is 4.18. The Labute approximate surface area is 87.2 Å². The summed E-state index contributed by atoms with van der Waals surface area (Å²) in [7, 11) is -3.26. The standard InChI is InChI=1S/C10H10FNO2S/c11-7-1-2-9-8(5-7)12-6-10(3-4-10)15(9,13)14/h1-2,5,12H,3-4,6H2. The molecule has 0 radical (unpaired) electrons. The molecular weight excluding hydrogens is 217 g/mol. The minimum Gasteiger partial charge on any atom is -0.382 e. The van der Waals surface area contributed by atoms with Gasteiger partial charge in [0.2, 0.25) is 0 Å². The van der Waals surface area contributed by atoms with Gasteiger partial charge in [-0.15, -0.1) is 0 Å². The first-order chi connectivity index (χ1) is 7.05. The van der Waals surface area contributed by atoms with Crippen LogP contribution in [0.5, 0.6) is 0 Å². The molecule has 0 saturated heterocycles. The molecule has 5 heteroatoms. The molecule has 3 nitrogen and oxygen atoms in total. The van der Waals surface area contributed by atoms with E-state index < -0.39 is 20.4 Å². The maximum atomic E-state index is 12.9. The monoisotopic (exact) mass is 227 g/mol. The first-order valence-electron chi connectivity index (χ1n) is 4.83. The normalized spacial score (nSPS) is 24.3. The lowest BCUT2D eigenvalue weighted by atomic mass is 10.3. The molecule has 3 rings (SSSR count). The maximum Gasteiger partial charge on any atom is 0.187 e. The largest absolute Gasteiger partial charge is 0.382 e. The Hall–Kier alpha value is -1.10. The van der Waals surface area contributed by atoms with Crippen molar-refractivity contribution in [3.8, 4) is 0 Å². The van der Waals surface area contributed by atoms with Crippen LogP contribution in [-0.4, -0.2) is 19.7 Å². The van der Waals surface area contributed by atoms with Crippen molar-refractivity contribution >= 4 is 15.5 Å². The predicted molar refractivity (Wildman–Crippen MR) is 54.0 cm³/mol. The van der Waals surface area contributed by atoms with Gasteiger partial charge in [0.05, 0.1) is 15.3 Å². The lowest BCUT2D eigenvalue weighted by Crippen LogP contribution is -2.36. The van der Waals surface area contributed by atoms with Gasteiger partial charge in [0.1, 0.15) is 5.82 Å². The van der Waals surface area contributed by atoms with E-state index in [0.29, 0.717) is 25.1 Å². The fraction of sp³-hybridized carbons (Fsp3) is 0.400. The molecule has 0 bridgehead atoms. The molecule has 2 aliphatic rings. The first kappa shape index (κ1) is 9.15. The lowest BCUT2D eigenvalue weighted by molar-refractivity contribution is 0.574. The zero-order chi connectivity index (χ0) is 10.7. The molecule has 1 heterocycles. The second-order valence-corrected chi connectivity index (χ2v) is 6.49. The topological polar surface area (TPSA) is 46.2 Å². The number of nitrogens with one attached hydrogen (secondary N) is 1. The van der Waals surface area contributed by atoms with Crippen molar-refractivity contribution in [1.82, 2.24) is 0 Å². The molecule has 1 spiro atoms. The van der Waals surface area contributed by atoms with Crippen LogP contribution in [-0.2, 0) is 9.84 Å². The Bertz CT molecular complexity index is 534. The number of anilines is 1. The van der Waals surface area contributed by atoms with Gasteiger partial charge in [-0.05, 0) is 31.0 Å². The van der Waals surface area contributed by atoms with E-state index in [-0.39, 0.29) is 4.90 Å². The van der Waals surface area contributed by atoms with E-state index in [9.17, 15) is 12.8 Å². The average Bonchev–Trinajstić information content (AvgIpc) is 2.94. The van der Waals surface area contributed by atoms with E-state index in [1.54, 1.807) is 0 Å². The summed E-state index contributed by atoms with van der Waals surface area (Å²) in [5.41, 5.74) is 0.396. The maximum absolute atomic E-state index is 12.9. The Morgan fingerprint density at radius 2 is 2.07 bits per heavy atom. The zero-order valence-corrected chi connectivity index (χ0v) is 8.77. The van der Waals surface area contributed by atoms with E-state index in [1.165, 1.54) is 18.2 Å². The molecule has 80 valence electrons. The summed E-state index contributed by atoms with van der Waals surface area (Å²) < 4.78 is 36.6. The van der Waals surface area contributed by atoms with Crippen LogP contribution in [0.3, 0.4) is 0 Å². The number of halogens is 1. The summed E-state index contributed by atoms with van der Waals surface area (Å²) in [5.74, 6) is -0.414. The van der Waals surface area contributed by atoms with Gasteiger partial charge in [-0.25, -0.2) is 12.8 Å². The van der Waals surface area contributed by atoms with Crippen molar-refractivity contribution in [1.29, 1.82) is 0 Å². The van der Waals surface area contributed by atoms with Gasteiger partial charge in [-0.3, -0.25) is 0 Å². The highest BCUT2D eigenvalue weighted by Crippen LogP contribution is 2.50. The van der Waals surface area contributed by atoms with Gasteiger partial charge in [0.15, 0.2) is 9.84 Å². The molecule has 0 unspecified atom stereocenters. The number of benzene rings is 1. The van der Waals surface area contributed by atoms with Crippen LogP contribution in [0, 0.1) is 5.82 Å². The molecule has 1 aromatic rings. The fourth-order valence-electron chi connectivity index (χ4n) is 2.04. The molecule has 0 atom stereocenters. The van der Waals surface area contributed by atoms with Crippen molar-refractivity contribution in [3.05, 3.63) is 24.0 Å². The summed E-state index contributed by atoms with van der Waals surface area (Å²) >= 11 is 0. The van der Waals surface area contributed by atoms with E-state index in [1.807, 2.05) is 0 Å². The number of fused-ring (bicyclic) bond motifs is 1. The average molecular weight is 227 g/mol. The number of hydrogen-bond donors (Lipinski definition) is 1. The summed E-state index contributed by atoms with van der Waals surface area (Å²) in [4.78, 5) is 0.243. The van der Waals surface area contributed by atoms with E-state index >= 15 is 0 Å². The molecule has 1 aliphatic carbocycles. The third-order valence-electron chi connectivity index (χ3n) is 3.21. The zero-order valence-electron chi connectivity index (χ0n) is 7.96. The van der Waals surface area contributed by atoms with Crippen LogP contribution in [0.1, 0.15) is 12.8 Å². The van der Waals surface area contributed by atoms with Crippen molar-refractivity contribution in [3.63, 3.8) is 0 Å². The molecule has 1 aromatic carbocycles. The molecule has 1 aliphatic heterocycles. The summed E-state index contributed by atoms with van der Waals surface area (Å²) in [6, 6.07) is 3.79. The molecule has 1 N–H and O–H groups in total. The number of rotatable bonds is 0. The molecule has 1 fully saturated rings. The third kappa shape index (κ3) is 1.07. The van der Waals surface area contributed by atoms with Crippen LogP contribution >= 0.6 is 0 Å². The van der Waals surface area contributed by atoms with Crippen molar-refractivity contribution < 1.29 is 12.8 Å². The lowest BCUT2D eigenvalue weighted by Gasteiger charge is -2.25. The van der Waals surface area contributed by atoms with Gasteiger partial charge in [-0.1, -0.05) is 0 Å². The van der Waals surface area contributed by atoms with Gasteiger partial charge in [0.25, 0.3) is 0 Å². The Balaban J connectivity index is 2.24. The molecule has 0 amide bonds. The van der Waals surface area contributed by atoms with Crippen LogP contribution in [0.25, 0.3) is 0 Å². The SMILES string of the molecule is O=S1(=O)c2ccc(F)cc2NCC12CC2.